The van der Waals surface area contributed by atoms with E-state index in [1.54, 1.807) is 42.7 Å². The van der Waals surface area contributed by atoms with E-state index in [1.807, 2.05) is 11.9 Å². The molecule has 10 nitrogen and oxygen atoms in total. The highest BCUT2D eigenvalue weighted by Crippen LogP contribution is 2.35. The highest BCUT2D eigenvalue weighted by atomic mass is 32.2. The largest absolute Gasteiger partial charge is 0.490 e. The van der Waals surface area contributed by atoms with Crippen LogP contribution in [0.15, 0.2) is 47.6 Å². The molecule has 32 heavy (non-hydrogen) atoms. The van der Waals surface area contributed by atoms with Crippen molar-refractivity contribution >= 4 is 38.9 Å². The topological polar surface area (TPSA) is 117 Å². The van der Waals surface area contributed by atoms with Crippen molar-refractivity contribution in [1.82, 2.24) is 14.3 Å². The summed E-state index contributed by atoms with van der Waals surface area (Å²) in [7, 11) is -1.85. The number of pyridine rings is 1. The zero-order valence-corrected chi connectivity index (χ0v) is 18.5. The molecule has 11 heteroatoms. The molecule has 0 spiro atoms. The van der Waals surface area contributed by atoms with Crippen LogP contribution >= 0.6 is 0 Å². The molecule has 4 heterocycles. The number of fused-ring (bicyclic) bond motifs is 2. The van der Waals surface area contributed by atoms with E-state index in [4.69, 9.17) is 14.6 Å². The van der Waals surface area contributed by atoms with Crippen LogP contribution in [0.5, 0.6) is 5.75 Å². The molecule has 0 saturated carbocycles. The Morgan fingerprint density at radius 2 is 1.91 bits per heavy atom. The first-order valence-corrected chi connectivity index (χ1v) is 11.6. The molecule has 2 N–H and O–H groups in total. The van der Waals surface area contributed by atoms with Crippen molar-refractivity contribution in [3.63, 3.8) is 0 Å². The number of nitrogens with one attached hydrogen (secondary N) is 1. The van der Waals surface area contributed by atoms with Crippen molar-refractivity contribution in [3.05, 3.63) is 42.7 Å². The molecule has 0 amide bonds. The lowest BCUT2D eigenvalue weighted by Crippen LogP contribution is -2.43. The third kappa shape index (κ3) is 3.96. The summed E-state index contributed by atoms with van der Waals surface area (Å²) < 4.78 is 34.2. The molecule has 0 bridgehead atoms. The maximum Gasteiger partial charge on any atom is 0.290 e. The van der Waals surface area contributed by atoms with Crippen LogP contribution in [0.25, 0.3) is 11.0 Å². The Morgan fingerprint density at radius 3 is 2.66 bits per heavy atom. The number of ether oxygens (including phenoxy) is 1. The van der Waals surface area contributed by atoms with Gasteiger partial charge in [0, 0.05) is 45.6 Å². The highest BCUT2D eigenvalue weighted by Gasteiger charge is 2.26. The van der Waals surface area contributed by atoms with E-state index < -0.39 is 10.0 Å². The number of likely N-dealkylation sites (N-methyl/N-ethyl adjacent to an activating group) is 1. The second kappa shape index (κ2) is 9.05. The molecule has 0 atom stereocenters. The highest BCUT2D eigenvalue weighted by molar-refractivity contribution is 7.90. The van der Waals surface area contributed by atoms with E-state index in [0.29, 0.717) is 23.4 Å². The fraction of sp³-hybridized carbons (Fsp3) is 0.333. The maximum absolute atomic E-state index is 13.6. The summed E-state index contributed by atoms with van der Waals surface area (Å²) in [6, 6.07) is 8.61. The van der Waals surface area contributed by atoms with Crippen LogP contribution in [-0.2, 0) is 14.8 Å². The van der Waals surface area contributed by atoms with Gasteiger partial charge in [-0.15, -0.1) is 0 Å². The van der Waals surface area contributed by atoms with Crippen molar-refractivity contribution in [2.24, 2.45) is 0 Å². The number of benzene rings is 1. The molecule has 0 unspecified atom stereocenters. The van der Waals surface area contributed by atoms with E-state index in [1.165, 1.54) is 3.97 Å². The standard InChI is InChI=1S/C20H23N5O3S.CH2O2/c1-23-11-12-28-19-5-4-15(13-17(19)23)29(26,27)25-14-18(24-9-7-21-8-10-24)20-16(25)3-2-6-22-20;2-1-3/h2-6,13-14,21H,7-12H2,1H3;1H,(H,2,3). The fourth-order valence-corrected chi connectivity index (χ4v) is 5.33. The monoisotopic (exact) mass is 459 g/mol. The van der Waals surface area contributed by atoms with Gasteiger partial charge in [-0.2, -0.15) is 0 Å². The van der Waals surface area contributed by atoms with E-state index in [2.05, 4.69) is 15.2 Å². The molecule has 2 aliphatic heterocycles. The quantitative estimate of drug-likeness (QED) is 0.558. The normalized spacial score (nSPS) is 16.0. The molecular weight excluding hydrogens is 434 g/mol. The van der Waals surface area contributed by atoms with Gasteiger partial charge >= 0.3 is 0 Å². The molecule has 3 aromatic rings. The van der Waals surface area contributed by atoms with Crippen molar-refractivity contribution in [2.75, 3.05) is 56.2 Å². The number of carboxylic acid groups (broad SMARTS) is 1. The van der Waals surface area contributed by atoms with Gasteiger partial charge in [-0.3, -0.25) is 9.78 Å². The molecule has 1 fully saturated rings. The Hall–Kier alpha value is -3.31. The van der Waals surface area contributed by atoms with Crippen LogP contribution in [-0.4, -0.2) is 75.3 Å². The van der Waals surface area contributed by atoms with E-state index in [-0.39, 0.29) is 11.4 Å². The van der Waals surface area contributed by atoms with Gasteiger partial charge in [0.1, 0.15) is 17.9 Å². The summed E-state index contributed by atoms with van der Waals surface area (Å²) in [4.78, 5) is 17.3. The van der Waals surface area contributed by atoms with E-state index in [9.17, 15) is 8.42 Å². The van der Waals surface area contributed by atoms with Gasteiger partial charge in [-0.05, 0) is 30.3 Å². The molecule has 2 aromatic heterocycles. The first-order chi connectivity index (χ1) is 15.5. The van der Waals surface area contributed by atoms with Crippen molar-refractivity contribution < 1.29 is 23.1 Å². The SMILES string of the molecule is CN1CCOc2ccc(S(=O)(=O)n3cc(N4CCNCC4)c4ncccc43)cc21.O=CO. The number of nitrogens with zero attached hydrogens (tertiary/aromatic N) is 4. The molecule has 1 saturated heterocycles. The number of rotatable bonds is 3. The Labute approximate surface area is 186 Å². The number of carbonyl (C=O) groups is 1. The number of hydrogen-bond acceptors (Lipinski definition) is 8. The van der Waals surface area contributed by atoms with Crippen LogP contribution in [0.4, 0.5) is 11.4 Å². The molecule has 5 rings (SSSR count). The van der Waals surface area contributed by atoms with Gasteiger partial charge in [0.25, 0.3) is 16.5 Å². The molecule has 2 aliphatic rings. The van der Waals surface area contributed by atoms with E-state index in [0.717, 1.165) is 44.1 Å². The van der Waals surface area contributed by atoms with Crippen molar-refractivity contribution in [2.45, 2.75) is 4.90 Å². The number of anilines is 2. The van der Waals surface area contributed by atoms with E-state index >= 15 is 0 Å². The van der Waals surface area contributed by atoms with Gasteiger partial charge in [-0.25, -0.2) is 12.4 Å². The third-order valence-electron chi connectivity index (χ3n) is 5.55. The third-order valence-corrected chi connectivity index (χ3v) is 7.22. The minimum absolute atomic E-state index is 0.237. The van der Waals surface area contributed by atoms with Crippen LogP contribution in [0, 0.1) is 0 Å². The fourth-order valence-electron chi connectivity index (χ4n) is 3.95. The lowest BCUT2D eigenvalue weighted by molar-refractivity contribution is -0.122. The van der Waals surface area contributed by atoms with Gasteiger partial charge in [-0.1, -0.05) is 0 Å². The van der Waals surface area contributed by atoms with Gasteiger partial charge < -0.3 is 25.0 Å². The number of piperazine rings is 1. The maximum atomic E-state index is 13.6. The average molecular weight is 460 g/mol. The van der Waals surface area contributed by atoms with Gasteiger partial charge in [0.15, 0.2) is 0 Å². The second-order valence-corrected chi connectivity index (χ2v) is 9.24. The Morgan fingerprint density at radius 1 is 1.16 bits per heavy atom. The van der Waals surface area contributed by atoms with Crippen molar-refractivity contribution in [3.8, 4) is 5.75 Å². The lowest BCUT2D eigenvalue weighted by atomic mass is 10.2. The minimum Gasteiger partial charge on any atom is -0.490 e. The molecule has 170 valence electrons. The molecular formula is C21H25N5O5S. The van der Waals surface area contributed by atoms with Crippen LogP contribution in [0.2, 0.25) is 0 Å². The predicted octanol–water partition coefficient (Wildman–Crippen LogP) is 1.21. The zero-order chi connectivity index (χ0) is 22.7. The number of hydrogen-bond donors (Lipinski definition) is 2. The van der Waals surface area contributed by atoms with Crippen LogP contribution in [0.1, 0.15) is 0 Å². The summed E-state index contributed by atoms with van der Waals surface area (Å²) in [6.45, 7) is 4.43. The first kappa shape index (κ1) is 21.9. The Balaban J connectivity index is 0.000000775. The summed E-state index contributed by atoms with van der Waals surface area (Å²) in [5.41, 5.74) is 2.93. The smallest absolute Gasteiger partial charge is 0.290 e. The van der Waals surface area contributed by atoms with Gasteiger partial charge in [0.2, 0.25) is 0 Å². The molecule has 0 radical (unpaired) electrons. The molecule has 1 aromatic carbocycles. The lowest BCUT2D eigenvalue weighted by Gasteiger charge is -2.28. The number of aromatic nitrogens is 2. The second-order valence-electron chi connectivity index (χ2n) is 7.43. The van der Waals surface area contributed by atoms with Crippen molar-refractivity contribution in [1.29, 1.82) is 0 Å². The summed E-state index contributed by atoms with van der Waals surface area (Å²) in [5.74, 6) is 0.707. The summed E-state index contributed by atoms with van der Waals surface area (Å²) >= 11 is 0. The average Bonchev–Trinajstić information content (AvgIpc) is 3.21. The Kier molecular flexibility index (Phi) is 6.19. The minimum atomic E-state index is -3.79. The molecule has 0 aliphatic carbocycles. The van der Waals surface area contributed by atoms with Crippen LogP contribution in [0.3, 0.4) is 0 Å². The zero-order valence-electron chi connectivity index (χ0n) is 17.6. The first-order valence-electron chi connectivity index (χ1n) is 10.2. The summed E-state index contributed by atoms with van der Waals surface area (Å²) in [5, 5.41) is 10.2. The summed E-state index contributed by atoms with van der Waals surface area (Å²) in [6.07, 6.45) is 3.41. The predicted molar refractivity (Wildman–Crippen MR) is 121 cm³/mol. The Bertz CT molecular complexity index is 1220. The van der Waals surface area contributed by atoms with Gasteiger partial charge in [0.05, 0.1) is 28.3 Å². The van der Waals surface area contributed by atoms with Crippen LogP contribution < -0.4 is 19.9 Å².